The molecule has 2 N–H and O–H groups in total. The Morgan fingerprint density at radius 2 is 1.60 bits per heavy atom. The zero-order valence-corrected chi connectivity index (χ0v) is 21.3. The van der Waals surface area contributed by atoms with Gasteiger partial charge in [0.1, 0.15) is 0 Å². The van der Waals surface area contributed by atoms with E-state index >= 15 is 0 Å². The van der Waals surface area contributed by atoms with Crippen LogP contribution in [0, 0.1) is 5.92 Å². The zero-order valence-electron chi connectivity index (χ0n) is 18.9. The number of anilines is 2. The molecule has 12 heteroatoms. The van der Waals surface area contributed by atoms with Crippen LogP contribution in [0.2, 0.25) is 5.02 Å². The number of hydrogen-bond donors (Lipinski definition) is 2. The van der Waals surface area contributed by atoms with Crippen LogP contribution in [0.5, 0.6) is 0 Å². The van der Waals surface area contributed by atoms with Crippen LogP contribution in [-0.4, -0.2) is 38.6 Å². The number of ether oxygens (including phenoxy) is 2. The number of carbonyl (C=O) groups excluding carboxylic acids is 2. The summed E-state index contributed by atoms with van der Waals surface area (Å²) in [5.74, 6) is -2.80. The highest BCUT2D eigenvalue weighted by Crippen LogP contribution is 2.31. The number of benzene rings is 2. The lowest BCUT2D eigenvalue weighted by Crippen LogP contribution is -2.36. The van der Waals surface area contributed by atoms with Crippen LogP contribution in [-0.2, 0) is 29.1 Å². The highest BCUT2D eigenvalue weighted by atomic mass is 35.5. The minimum Gasteiger partial charge on any atom is -0.465 e. The summed E-state index contributed by atoms with van der Waals surface area (Å²) in [4.78, 5) is 29.5. The molecule has 0 saturated heterocycles. The van der Waals surface area contributed by atoms with Gasteiger partial charge in [0.05, 0.1) is 24.2 Å². The summed E-state index contributed by atoms with van der Waals surface area (Å²) in [7, 11) is -3.84. The molecule has 9 nitrogen and oxygen atoms in total. The number of sulfonamides is 1. The molecule has 0 saturated carbocycles. The smallest absolute Gasteiger partial charge is 0.322 e. The molecule has 2 aromatic carbocycles. The van der Waals surface area contributed by atoms with E-state index in [1.54, 1.807) is 43.5 Å². The van der Waals surface area contributed by atoms with Crippen molar-refractivity contribution >= 4 is 55.7 Å². The topological polar surface area (TPSA) is 124 Å². The number of nitrogens with one attached hydrogen (secondary N) is 2. The molecule has 1 aromatic heterocycles. The fraction of sp³-hybridized carbons (Fsp3) is 0.261. The average Bonchev–Trinajstić information content (AvgIpc) is 3.32. The molecule has 1 heterocycles. The van der Waals surface area contributed by atoms with Gasteiger partial charge in [0.15, 0.2) is 11.0 Å². The average molecular weight is 538 g/mol. The second-order valence-corrected chi connectivity index (χ2v) is 10.1. The van der Waals surface area contributed by atoms with Gasteiger partial charge in [0, 0.05) is 22.3 Å². The molecule has 35 heavy (non-hydrogen) atoms. The third-order valence-corrected chi connectivity index (χ3v) is 7.21. The summed E-state index contributed by atoms with van der Waals surface area (Å²) in [6, 6.07) is 11.6. The van der Waals surface area contributed by atoms with E-state index in [1.807, 2.05) is 0 Å². The molecular weight excluding hydrogens is 514 g/mol. The second-order valence-electron chi connectivity index (χ2n) is 7.12. The van der Waals surface area contributed by atoms with Crippen molar-refractivity contribution in [3.8, 4) is 0 Å². The maximum absolute atomic E-state index is 12.8. The standard InChI is InChI=1S/C23H24ClN3O6S2/c1-3-32-21(28)19(22(29)33-4-2)20(15-5-7-16(24)8-6-15)26-17-9-11-18(12-10-17)35(30,31)27-23-25-13-14-34-23/h5-14,19-20,26H,3-4H2,1-2H3,(H,25,27). The molecule has 0 aliphatic rings. The molecule has 0 spiro atoms. The van der Waals surface area contributed by atoms with Crippen LogP contribution in [0.15, 0.2) is 65.0 Å². The predicted octanol–water partition coefficient (Wildman–Crippen LogP) is 4.49. The summed E-state index contributed by atoms with van der Waals surface area (Å²) in [6.07, 6.45) is 1.50. The fourth-order valence-corrected chi connectivity index (χ4v) is 5.13. The number of hydrogen-bond acceptors (Lipinski definition) is 9. The molecule has 3 aromatic rings. The predicted molar refractivity (Wildman–Crippen MR) is 134 cm³/mol. The van der Waals surface area contributed by atoms with Crippen molar-refractivity contribution in [2.45, 2.75) is 24.8 Å². The van der Waals surface area contributed by atoms with Crippen LogP contribution in [0.3, 0.4) is 0 Å². The molecule has 0 fully saturated rings. The van der Waals surface area contributed by atoms with Gasteiger partial charge in [-0.15, -0.1) is 11.3 Å². The molecule has 1 atom stereocenters. The van der Waals surface area contributed by atoms with E-state index in [0.29, 0.717) is 16.3 Å². The molecule has 1 unspecified atom stereocenters. The molecule has 186 valence electrons. The first-order chi connectivity index (χ1) is 16.7. The van der Waals surface area contributed by atoms with Crippen molar-refractivity contribution in [2.75, 3.05) is 23.3 Å². The lowest BCUT2D eigenvalue weighted by Gasteiger charge is -2.26. The first kappa shape index (κ1) is 26.5. The van der Waals surface area contributed by atoms with Gasteiger partial charge in [0.25, 0.3) is 10.0 Å². The Hall–Kier alpha value is -3.15. The van der Waals surface area contributed by atoms with Gasteiger partial charge in [0.2, 0.25) is 0 Å². The maximum Gasteiger partial charge on any atom is 0.322 e. The number of aromatic nitrogens is 1. The van der Waals surface area contributed by atoms with Crippen molar-refractivity contribution in [2.24, 2.45) is 5.92 Å². The van der Waals surface area contributed by atoms with E-state index < -0.39 is 33.9 Å². The number of thiazole rings is 1. The molecule has 0 bridgehead atoms. The van der Waals surface area contributed by atoms with Crippen LogP contribution < -0.4 is 10.0 Å². The number of esters is 2. The van der Waals surface area contributed by atoms with Gasteiger partial charge in [-0.25, -0.2) is 13.4 Å². The minimum absolute atomic E-state index is 0.0219. The Kier molecular flexibility index (Phi) is 9.07. The summed E-state index contributed by atoms with van der Waals surface area (Å²) < 4.78 is 37.9. The maximum atomic E-state index is 12.8. The van der Waals surface area contributed by atoms with Crippen molar-refractivity contribution in [3.63, 3.8) is 0 Å². The zero-order chi connectivity index (χ0) is 25.4. The summed E-state index contributed by atoms with van der Waals surface area (Å²) in [6.45, 7) is 3.45. The van der Waals surface area contributed by atoms with Gasteiger partial charge in [-0.1, -0.05) is 23.7 Å². The number of nitrogens with zero attached hydrogens (tertiary/aromatic N) is 1. The Bertz CT molecular complexity index is 1220. The first-order valence-electron chi connectivity index (χ1n) is 10.6. The van der Waals surface area contributed by atoms with Gasteiger partial charge in [-0.2, -0.15) is 0 Å². The van der Waals surface area contributed by atoms with Gasteiger partial charge < -0.3 is 14.8 Å². The van der Waals surface area contributed by atoms with Crippen molar-refractivity contribution in [1.29, 1.82) is 0 Å². The van der Waals surface area contributed by atoms with E-state index in [9.17, 15) is 18.0 Å². The van der Waals surface area contributed by atoms with Crippen molar-refractivity contribution < 1.29 is 27.5 Å². The van der Waals surface area contributed by atoms with Crippen LogP contribution in [0.25, 0.3) is 0 Å². The normalized spacial score (nSPS) is 12.1. The number of halogens is 1. The third-order valence-electron chi connectivity index (χ3n) is 4.78. The van der Waals surface area contributed by atoms with E-state index in [-0.39, 0.29) is 23.2 Å². The summed E-state index contributed by atoms with van der Waals surface area (Å²) >= 11 is 7.18. The van der Waals surface area contributed by atoms with E-state index in [4.69, 9.17) is 21.1 Å². The highest BCUT2D eigenvalue weighted by Gasteiger charge is 2.38. The Labute approximate surface area is 212 Å². The summed E-state index contributed by atoms with van der Waals surface area (Å²) in [5.41, 5.74) is 1.05. The molecule has 3 rings (SSSR count). The van der Waals surface area contributed by atoms with Gasteiger partial charge in [-0.05, 0) is 55.8 Å². The van der Waals surface area contributed by atoms with Crippen molar-refractivity contribution in [1.82, 2.24) is 4.98 Å². The minimum atomic E-state index is -3.84. The first-order valence-corrected chi connectivity index (χ1v) is 13.4. The van der Waals surface area contributed by atoms with Crippen LogP contribution >= 0.6 is 22.9 Å². The third kappa shape index (κ3) is 6.93. The van der Waals surface area contributed by atoms with Crippen molar-refractivity contribution in [3.05, 3.63) is 70.7 Å². The molecule has 0 radical (unpaired) electrons. The van der Waals surface area contributed by atoms with E-state index in [2.05, 4.69) is 15.0 Å². The van der Waals surface area contributed by atoms with Crippen LogP contribution in [0.1, 0.15) is 25.5 Å². The number of rotatable bonds is 11. The van der Waals surface area contributed by atoms with E-state index in [0.717, 1.165) is 11.3 Å². The lowest BCUT2D eigenvalue weighted by molar-refractivity contribution is -0.162. The largest absolute Gasteiger partial charge is 0.465 e. The molecule has 0 aliphatic carbocycles. The number of carbonyl (C=O) groups is 2. The molecular formula is C23H24ClN3O6S2. The van der Waals surface area contributed by atoms with E-state index in [1.165, 1.54) is 30.5 Å². The molecule has 0 aliphatic heterocycles. The fourth-order valence-electron chi connectivity index (χ4n) is 3.22. The Morgan fingerprint density at radius 3 is 2.11 bits per heavy atom. The second kappa shape index (κ2) is 12.0. The van der Waals surface area contributed by atoms with Crippen LogP contribution in [0.4, 0.5) is 10.8 Å². The Morgan fingerprint density at radius 1 is 1.00 bits per heavy atom. The Balaban J connectivity index is 1.93. The molecule has 0 amide bonds. The monoisotopic (exact) mass is 537 g/mol. The van der Waals surface area contributed by atoms with Gasteiger partial charge in [-0.3, -0.25) is 14.3 Å². The lowest BCUT2D eigenvalue weighted by atomic mass is 9.92. The quantitative estimate of drug-likeness (QED) is 0.271. The van der Waals surface area contributed by atoms with Gasteiger partial charge >= 0.3 is 11.9 Å². The SMILES string of the molecule is CCOC(=O)C(C(=O)OCC)C(Nc1ccc(S(=O)(=O)Nc2nccs2)cc1)c1ccc(Cl)cc1. The summed E-state index contributed by atoms with van der Waals surface area (Å²) in [5, 5.41) is 5.54. The highest BCUT2D eigenvalue weighted by molar-refractivity contribution is 7.93.